The Balaban J connectivity index is 1.50. The molecule has 0 aliphatic rings. The molecule has 0 bridgehead atoms. The molecule has 166 valence electrons. The van der Waals surface area contributed by atoms with Gasteiger partial charge in [-0.3, -0.25) is 14.3 Å². The van der Waals surface area contributed by atoms with Crippen LogP contribution in [0.15, 0.2) is 101 Å². The molecule has 1 amide bonds. The van der Waals surface area contributed by atoms with Gasteiger partial charge in [-0.1, -0.05) is 24.3 Å². The number of sulfonamides is 1. The second-order valence-electron chi connectivity index (χ2n) is 6.90. The van der Waals surface area contributed by atoms with Gasteiger partial charge >= 0.3 is 0 Å². The molecule has 8 nitrogen and oxygen atoms in total. The topological polar surface area (TPSA) is 110 Å². The third-order valence-electron chi connectivity index (χ3n) is 4.53. The number of halogens is 1. The third-order valence-corrected chi connectivity index (χ3v) is 5.93. The van der Waals surface area contributed by atoms with Crippen molar-refractivity contribution in [3.05, 3.63) is 113 Å². The molecule has 1 aromatic heterocycles. The van der Waals surface area contributed by atoms with Crippen molar-refractivity contribution in [2.75, 3.05) is 10.0 Å². The fourth-order valence-electron chi connectivity index (χ4n) is 2.97. The standard InChI is InChI=1S/C23H17FN4O4S/c24-16-5-4-6-18(15-16)27-33(31,32)20-11-9-17(10-12-20)25-23(30)21-13-14-22(29)28(26-21)19-7-2-1-3-8-19/h1-15,27H,(H,25,30). The lowest BCUT2D eigenvalue weighted by molar-refractivity contribution is 0.102. The average molecular weight is 464 g/mol. The first-order valence-corrected chi connectivity index (χ1v) is 11.2. The monoisotopic (exact) mass is 464 g/mol. The lowest BCUT2D eigenvalue weighted by Crippen LogP contribution is -2.24. The van der Waals surface area contributed by atoms with E-state index in [1.54, 1.807) is 30.3 Å². The van der Waals surface area contributed by atoms with Gasteiger partial charge < -0.3 is 5.32 Å². The summed E-state index contributed by atoms with van der Waals surface area (Å²) in [5.74, 6) is -1.14. The molecular weight excluding hydrogens is 447 g/mol. The number of benzene rings is 3. The van der Waals surface area contributed by atoms with Crippen molar-refractivity contribution in [2.45, 2.75) is 4.90 Å². The number of aromatic nitrogens is 2. The fraction of sp³-hybridized carbons (Fsp3) is 0. The van der Waals surface area contributed by atoms with Gasteiger partial charge in [0.1, 0.15) is 11.5 Å². The van der Waals surface area contributed by atoms with Gasteiger partial charge in [-0.25, -0.2) is 12.8 Å². The molecule has 0 atom stereocenters. The highest BCUT2D eigenvalue weighted by Crippen LogP contribution is 2.19. The Morgan fingerprint density at radius 3 is 2.27 bits per heavy atom. The SMILES string of the molecule is O=C(Nc1ccc(S(=O)(=O)Nc2cccc(F)c2)cc1)c1ccc(=O)n(-c2ccccc2)n1. The van der Waals surface area contributed by atoms with Crippen LogP contribution < -0.4 is 15.6 Å². The van der Waals surface area contributed by atoms with Gasteiger partial charge in [0.2, 0.25) is 0 Å². The van der Waals surface area contributed by atoms with Gasteiger partial charge in [-0.15, -0.1) is 0 Å². The quantitative estimate of drug-likeness (QED) is 0.454. The van der Waals surface area contributed by atoms with Crippen LogP contribution in [0.1, 0.15) is 10.5 Å². The summed E-state index contributed by atoms with van der Waals surface area (Å²) in [6.07, 6.45) is 0. The van der Waals surface area contributed by atoms with E-state index < -0.39 is 27.3 Å². The second-order valence-corrected chi connectivity index (χ2v) is 8.58. The molecule has 4 aromatic rings. The molecule has 0 saturated carbocycles. The lowest BCUT2D eigenvalue weighted by atomic mass is 10.3. The van der Waals surface area contributed by atoms with Crippen LogP contribution in [-0.4, -0.2) is 24.1 Å². The van der Waals surface area contributed by atoms with Crippen LogP contribution in [0.3, 0.4) is 0 Å². The Labute approximate surface area is 188 Å². The molecule has 0 radical (unpaired) electrons. The molecule has 3 aromatic carbocycles. The maximum atomic E-state index is 13.3. The zero-order chi connectivity index (χ0) is 23.4. The maximum absolute atomic E-state index is 13.3. The van der Waals surface area contributed by atoms with Crippen LogP contribution in [0.25, 0.3) is 5.69 Å². The van der Waals surface area contributed by atoms with Gasteiger partial charge in [0.05, 0.1) is 16.3 Å². The number of amides is 1. The normalized spacial score (nSPS) is 11.1. The molecule has 33 heavy (non-hydrogen) atoms. The molecule has 1 heterocycles. The summed E-state index contributed by atoms with van der Waals surface area (Å²) in [6.45, 7) is 0. The van der Waals surface area contributed by atoms with E-state index in [1.165, 1.54) is 54.6 Å². The minimum atomic E-state index is -3.95. The Kier molecular flexibility index (Phi) is 6.01. The summed E-state index contributed by atoms with van der Waals surface area (Å²) < 4.78 is 41.7. The highest BCUT2D eigenvalue weighted by Gasteiger charge is 2.16. The first-order chi connectivity index (χ1) is 15.8. The van der Waals surface area contributed by atoms with Crippen LogP contribution in [0, 0.1) is 5.82 Å². The number of nitrogens with zero attached hydrogens (tertiary/aromatic N) is 2. The van der Waals surface area contributed by atoms with Gasteiger partial charge in [0, 0.05) is 11.8 Å². The second kappa shape index (κ2) is 9.05. The van der Waals surface area contributed by atoms with Gasteiger partial charge in [-0.05, 0) is 60.7 Å². The minimum absolute atomic E-state index is 0.00271. The summed E-state index contributed by atoms with van der Waals surface area (Å²) in [5, 5.41) is 6.72. The van der Waals surface area contributed by atoms with Gasteiger partial charge in [0.25, 0.3) is 21.5 Å². The predicted molar refractivity (Wildman–Crippen MR) is 121 cm³/mol. The smallest absolute Gasteiger partial charge is 0.276 e. The largest absolute Gasteiger partial charge is 0.321 e. The van der Waals surface area contributed by atoms with E-state index in [4.69, 9.17) is 0 Å². The highest BCUT2D eigenvalue weighted by molar-refractivity contribution is 7.92. The highest BCUT2D eigenvalue weighted by atomic mass is 32.2. The molecule has 0 saturated heterocycles. The van der Waals surface area contributed by atoms with E-state index in [2.05, 4.69) is 15.1 Å². The molecule has 0 spiro atoms. The van der Waals surface area contributed by atoms with Crippen LogP contribution in [-0.2, 0) is 10.0 Å². The number of rotatable bonds is 6. The number of nitrogens with one attached hydrogen (secondary N) is 2. The number of carbonyl (C=O) groups is 1. The number of anilines is 2. The van der Waals surface area contributed by atoms with E-state index in [0.29, 0.717) is 11.4 Å². The zero-order valence-corrected chi connectivity index (χ0v) is 17.8. The van der Waals surface area contributed by atoms with Crippen molar-refractivity contribution in [3.63, 3.8) is 0 Å². The summed E-state index contributed by atoms with van der Waals surface area (Å²) in [5.41, 5.74) is 0.537. The van der Waals surface area contributed by atoms with Crippen molar-refractivity contribution in [1.82, 2.24) is 9.78 Å². The van der Waals surface area contributed by atoms with Crippen molar-refractivity contribution in [1.29, 1.82) is 0 Å². The van der Waals surface area contributed by atoms with Crippen LogP contribution in [0.5, 0.6) is 0 Å². The van der Waals surface area contributed by atoms with Crippen LogP contribution in [0.2, 0.25) is 0 Å². The Morgan fingerprint density at radius 2 is 1.58 bits per heavy atom. The molecule has 0 unspecified atom stereocenters. The van der Waals surface area contributed by atoms with Crippen molar-refractivity contribution in [2.24, 2.45) is 0 Å². The van der Waals surface area contributed by atoms with Gasteiger partial charge in [0.15, 0.2) is 0 Å². The molecular formula is C23H17FN4O4S. The first kappa shape index (κ1) is 21.9. The van der Waals surface area contributed by atoms with Crippen LogP contribution in [0.4, 0.5) is 15.8 Å². The van der Waals surface area contributed by atoms with Crippen molar-refractivity contribution in [3.8, 4) is 5.69 Å². The van der Waals surface area contributed by atoms with E-state index in [9.17, 15) is 22.4 Å². The van der Waals surface area contributed by atoms with Crippen molar-refractivity contribution < 1.29 is 17.6 Å². The number of carbonyl (C=O) groups excluding carboxylic acids is 1. The molecule has 0 fully saturated rings. The molecule has 0 aliphatic carbocycles. The Bertz CT molecular complexity index is 1470. The Morgan fingerprint density at radius 1 is 0.848 bits per heavy atom. The summed E-state index contributed by atoms with van der Waals surface area (Å²) in [7, 11) is -3.95. The molecule has 4 rings (SSSR count). The van der Waals surface area contributed by atoms with E-state index >= 15 is 0 Å². The predicted octanol–water partition coefficient (Wildman–Crippen LogP) is 3.42. The minimum Gasteiger partial charge on any atom is -0.321 e. The zero-order valence-electron chi connectivity index (χ0n) is 17.0. The summed E-state index contributed by atoms with van der Waals surface area (Å²) in [4.78, 5) is 24.7. The molecule has 2 N–H and O–H groups in total. The Hall–Kier alpha value is -4.31. The number of hydrogen-bond acceptors (Lipinski definition) is 5. The maximum Gasteiger partial charge on any atom is 0.276 e. The lowest BCUT2D eigenvalue weighted by Gasteiger charge is -2.10. The number of para-hydroxylation sites is 1. The van der Waals surface area contributed by atoms with E-state index in [-0.39, 0.29) is 16.3 Å². The number of hydrogen-bond donors (Lipinski definition) is 2. The van der Waals surface area contributed by atoms with Crippen molar-refractivity contribution >= 4 is 27.3 Å². The van der Waals surface area contributed by atoms with Gasteiger partial charge in [-0.2, -0.15) is 9.78 Å². The fourth-order valence-corrected chi connectivity index (χ4v) is 4.01. The van der Waals surface area contributed by atoms with E-state index in [0.717, 1.165) is 10.7 Å². The first-order valence-electron chi connectivity index (χ1n) is 9.67. The van der Waals surface area contributed by atoms with E-state index in [1.807, 2.05) is 0 Å². The molecule has 10 heteroatoms. The van der Waals surface area contributed by atoms with Crippen LogP contribution >= 0.6 is 0 Å². The molecule has 0 aliphatic heterocycles. The summed E-state index contributed by atoms with van der Waals surface area (Å²) in [6, 6.07) is 21.7. The average Bonchev–Trinajstić information content (AvgIpc) is 2.80. The summed E-state index contributed by atoms with van der Waals surface area (Å²) >= 11 is 0. The third kappa shape index (κ3) is 5.13.